The topological polar surface area (TPSA) is 122 Å². The van der Waals surface area contributed by atoms with E-state index in [0.29, 0.717) is 29.4 Å². The molecule has 0 unspecified atom stereocenters. The molecular weight excluding hydrogens is 436 g/mol. The minimum Gasteiger partial charge on any atom is -0.497 e. The zero-order chi connectivity index (χ0) is 23.2. The molecule has 0 atom stereocenters. The van der Waals surface area contributed by atoms with Gasteiger partial charge in [-0.15, -0.1) is 5.10 Å². The molecule has 5 heterocycles. The van der Waals surface area contributed by atoms with Gasteiger partial charge >= 0.3 is 0 Å². The van der Waals surface area contributed by atoms with Gasteiger partial charge in [-0.3, -0.25) is 4.90 Å². The van der Waals surface area contributed by atoms with E-state index in [-0.39, 0.29) is 5.95 Å². The summed E-state index contributed by atoms with van der Waals surface area (Å²) in [5, 5.41) is 9.80. The van der Waals surface area contributed by atoms with Crippen LogP contribution in [-0.2, 0) is 19.5 Å². The average Bonchev–Trinajstić information content (AvgIpc) is 3.61. The summed E-state index contributed by atoms with van der Waals surface area (Å²) in [6, 6.07) is 7.64. The largest absolute Gasteiger partial charge is 0.497 e. The molecule has 6 rings (SSSR count). The Hall–Kier alpha value is -4.12. The van der Waals surface area contributed by atoms with Gasteiger partial charge in [0.05, 0.1) is 38.6 Å². The lowest BCUT2D eigenvalue weighted by atomic mass is 9.98. The van der Waals surface area contributed by atoms with Crippen LogP contribution in [0.1, 0.15) is 11.1 Å². The highest BCUT2D eigenvalue weighted by atomic mass is 16.5. The predicted molar refractivity (Wildman–Crippen MR) is 125 cm³/mol. The summed E-state index contributed by atoms with van der Waals surface area (Å²) in [6.07, 6.45) is 4.28. The number of anilines is 1. The van der Waals surface area contributed by atoms with E-state index in [2.05, 4.69) is 31.1 Å². The molecule has 11 heteroatoms. The standard InChI is InChI=1S/C23H24N8O3/c1-32-15-10-14-5-6-29(13-17(14)19(11-15)33-2)7-8-30-21-16(12-25-30)22-26-20(18-4-3-9-34-18)28-31(22)23(24)27-21/h3-4,9-12H,5-8,13H2,1-2H3,(H2,24,27). The third-order valence-corrected chi connectivity index (χ3v) is 6.28. The smallest absolute Gasteiger partial charge is 0.225 e. The predicted octanol–water partition coefficient (Wildman–Crippen LogP) is 2.39. The molecule has 1 aliphatic heterocycles. The monoisotopic (exact) mass is 460 g/mol. The van der Waals surface area contributed by atoms with Crippen molar-refractivity contribution in [2.45, 2.75) is 19.5 Å². The van der Waals surface area contributed by atoms with E-state index in [9.17, 15) is 0 Å². The number of nitrogen functional groups attached to an aromatic ring is 1. The second-order valence-corrected chi connectivity index (χ2v) is 8.22. The third kappa shape index (κ3) is 3.32. The molecule has 5 aromatic rings. The first-order chi connectivity index (χ1) is 16.6. The Bertz CT molecular complexity index is 1470. The molecule has 0 amide bonds. The van der Waals surface area contributed by atoms with Crippen molar-refractivity contribution in [2.24, 2.45) is 0 Å². The number of methoxy groups -OCH3 is 2. The van der Waals surface area contributed by atoms with Crippen molar-refractivity contribution < 1.29 is 13.9 Å². The molecule has 1 aliphatic rings. The van der Waals surface area contributed by atoms with Crippen molar-refractivity contribution in [1.29, 1.82) is 0 Å². The SMILES string of the molecule is COc1cc2c(c(OC)c1)CN(CCn1ncc3c1nc(N)n1nc(-c4ccco4)nc31)CC2. The van der Waals surface area contributed by atoms with Gasteiger partial charge in [-0.2, -0.15) is 14.6 Å². The highest BCUT2D eigenvalue weighted by Crippen LogP contribution is 2.33. The number of rotatable bonds is 6. The molecule has 0 saturated carbocycles. The minimum atomic E-state index is 0.250. The number of furan rings is 1. The van der Waals surface area contributed by atoms with Crippen molar-refractivity contribution in [3.8, 4) is 23.1 Å². The number of nitrogens with zero attached hydrogens (tertiary/aromatic N) is 7. The van der Waals surface area contributed by atoms with Crippen LogP contribution in [0.15, 0.2) is 41.1 Å². The quantitative estimate of drug-likeness (QED) is 0.407. The Kier molecular flexibility index (Phi) is 4.84. The Morgan fingerprint density at radius 1 is 1.12 bits per heavy atom. The second kappa shape index (κ2) is 8.03. The van der Waals surface area contributed by atoms with Gasteiger partial charge in [-0.05, 0) is 30.2 Å². The number of nitrogens with two attached hydrogens (primary N) is 1. The van der Waals surface area contributed by atoms with Crippen molar-refractivity contribution in [3.05, 3.63) is 47.9 Å². The highest BCUT2D eigenvalue weighted by molar-refractivity contribution is 5.90. The number of aromatic nitrogens is 6. The molecule has 34 heavy (non-hydrogen) atoms. The fraction of sp³-hybridized carbons (Fsp3) is 0.304. The maximum absolute atomic E-state index is 6.21. The minimum absolute atomic E-state index is 0.250. The van der Waals surface area contributed by atoms with Crippen LogP contribution in [-0.4, -0.2) is 61.6 Å². The van der Waals surface area contributed by atoms with E-state index < -0.39 is 0 Å². The van der Waals surface area contributed by atoms with E-state index in [4.69, 9.17) is 19.6 Å². The van der Waals surface area contributed by atoms with Crippen LogP contribution >= 0.6 is 0 Å². The number of fused-ring (bicyclic) bond motifs is 4. The van der Waals surface area contributed by atoms with Gasteiger partial charge in [0.15, 0.2) is 17.1 Å². The summed E-state index contributed by atoms with van der Waals surface area (Å²) in [6.45, 7) is 3.22. The molecule has 2 N–H and O–H groups in total. The zero-order valence-corrected chi connectivity index (χ0v) is 18.9. The first kappa shape index (κ1) is 20.5. The van der Waals surface area contributed by atoms with Crippen molar-refractivity contribution >= 4 is 22.6 Å². The van der Waals surface area contributed by atoms with Crippen molar-refractivity contribution in [2.75, 3.05) is 33.0 Å². The lowest BCUT2D eigenvalue weighted by molar-refractivity contribution is 0.236. The first-order valence-corrected chi connectivity index (χ1v) is 11.0. The number of ether oxygens (including phenoxy) is 2. The molecule has 1 aromatic carbocycles. The van der Waals surface area contributed by atoms with Crippen LogP contribution < -0.4 is 15.2 Å². The Morgan fingerprint density at radius 2 is 2.03 bits per heavy atom. The van der Waals surface area contributed by atoms with Crippen LogP contribution in [0.5, 0.6) is 11.5 Å². The molecule has 11 nitrogen and oxygen atoms in total. The maximum atomic E-state index is 6.21. The number of benzene rings is 1. The van der Waals surface area contributed by atoms with Gasteiger partial charge in [0, 0.05) is 31.3 Å². The molecule has 0 fully saturated rings. The molecule has 0 bridgehead atoms. The van der Waals surface area contributed by atoms with Gasteiger partial charge in [0.1, 0.15) is 11.5 Å². The summed E-state index contributed by atoms with van der Waals surface area (Å²) in [5.74, 6) is 2.96. The van der Waals surface area contributed by atoms with Crippen LogP contribution in [0, 0.1) is 0 Å². The summed E-state index contributed by atoms with van der Waals surface area (Å²) in [4.78, 5) is 11.6. The normalized spacial score (nSPS) is 14.1. The van der Waals surface area contributed by atoms with Gasteiger partial charge in [0.2, 0.25) is 11.8 Å². The highest BCUT2D eigenvalue weighted by Gasteiger charge is 2.22. The summed E-state index contributed by atoms with van der Waals surface area (Å²) >= 11 is 0. The fourth-order valence-electron chi connectivity index (χ4n) is 4.52. The summed E-state index contributed by atoms with van der Waals surface area (Å²) in [5.41, 5.74) is 9.97. The number of hydrogen-bond donors (Lipinski definition) is 1. The Balaban J connectivity index is 1.26. The van der Waals surface area contributed by atoms with Crippen LogP contribution in [0.3, 0.4) is 0 Å². The summed E-state index contributed by atoms with van der Waals surface area (Å²) in [7, 11) is 3.37. The molecule has 174 valence electrons. The van der Waals surface area contributed by atoms with Gasteiger partial charge < -0.3 is 19.6 Å². The molecule has 0 aliphatic carbocycles. The van der Waals surface area contributed by atoms with Gasteiger partial charge in [-0.25, -0.2) is 9.67 Å². The maximum Gasteiger partial charge on any atom is 0.225 e. The van der Waals surface area contributed by atoms with Crippen LogP contribution in [0.4, 0.5) is 5.95 Å². The van der Waals surface area contributed by atoms with Crippen molar-refractivity contribution in [3.63, 3.8) is 0 Å². The molecule has 0 spiro atoms. The Morgan fingerprint density at radius 3 is 2.82 bits per heavy atom. The average molecular weight is 460 g/mol. The second-order valence-electron chi connectivity index (χ2n) is 8.22. The molecule has 0 saturated heterocycles. The fourth-order valence-corrected chi connectivity index (χ4v) is 4.52. The van der Waals surface area contributed by atoms with Crippen molar-refractivity contribution in [1.82, 2.24) is 34.3 Å². The lowest BCUT2D eigenvalue weighted by Crippen LogP contribution is -2.33. The third-order valence-electron chi connectivity index (χ3n) is 6.28. The first-order valence-electron chi connectivity index (χ1n) is 11.0. The van der Waals surface area contributed by atoms with Crippen LogP contribution in [0.25, 0.3) is 28.3 Å². The van der Waals surface area contributed by atoms with E-state index in [1.54, 1.807) is 38.8 Å². The van der Waals surface area contributed by atoms with E-state index in [1.807, 2.05) is 10.7 Å². The Labute approximate surface area is 194 Å². The zero-order valence-electron chi connectivity index (χ0n) is 18.9. The van der Waals surface area contributed by atoms with Crippen LogP contribution in [0.2, 0.25) is 0 Å². The molecule has 0 radical (unpaired) electrons. The van der Waals surface area contributed by atoms with E-state index >= 15 is 0 Å². The summed E-state index contributed by atoms with van der Waals surface area (Å²) < 4.78 is 19.9. The van der Waals surface area contributed by atoms with Gasteiger partial charge in [0.25, 0.3) is 0 Å². The van der Waals surface area contributed by atoms with E-state index in [0.717, 1.165) is 42.9 Å². The molecular formula is C23H24N8O3. The van der Waals surface area contributed by atoms with E-state index in [1.165, 1.54) is 15.6 Å². The molecule has 4 aromatic heterocycles. The number of hydrogen-bond acceptors (Lipinski definition) is 9. The van der Waals surface area contributed by atoms with Gasteiger partial charge in [-0.1, -0.05) is 0 Å². The lowest BCUT2D eigenvalue weighted by Gasteiger charge is -2.30.